The molecule has 2 aliphatic rings. The predicted molar refractivity (Wildman–Crippen MR) is 95.6 cm³/mol. The largest absolute Gasteiger partial charge is 0.394 e. The zero-order valence-electron chi connectivity index (χ0n) is 16.1. The first kappa shape index (κ1) is 22.4. The molecule has 1 heterocycles. The molecule has 5 N–H and O–H groups in total. The quantitative estimate of drug-likeness (QED) is 0.394. The zero-order chi connectivity index (χ0) is 20.4. The van der Waals surface area contributed by atoms with Crippen molar-refractivity contribution in [3.05, 3.63) is 11.6 Å². The highest BCUT2D eigenvalue weighted by Gasteiger charge is 2.46. The lowest BCUT2D eigenvalue weighted by molar-refractivity contribution is -0.306. The Balaban J connectivity index is 2.10. The summed E-state index contributed by atoms with van der Waals surface area (Å²) >= 11 is 0. The molecule has 8 heteroatoms. The summed E-state index contributed by atoms with van der Waals surface area (Å²) < 4.78 is 11.1. The number of rotatable bonds is 7. The Kier molecular flexibility index (Phi) is 7.54. The van der Waals surface area contributed by atoms with E-state index in [0.717, 1.165) is 5.57 Å². The standard InChI is InChI=1S/C19H32O8/c1-10-6-12(22)7-19(3,13(10)5-4-11(2)21)9-26-18-17(25)16(24)15(23)14(8-20)27-18/h6,11,13-18,20-21,23-25H,4-5,7-9H2,1-3H3/t11-,13+,14-,15+,16+,17-,18-,19+/m1/s1. The van der Waals surface area contributed by atoms with Crippen molar-refractivity contribution in [2.45, 2.75) is 76.8 Å². The number of allylic oxidation sites excluding steroid dienone is 2. The molecule has 0 unspecified atom stereocenters. The molecule has 0 spiro atoms. The molecule has 27 heavy (non-hydrogen) atoms. The zero-order valence-corrected chi connectivity index (χ0v) is 16.1. The molecule has 0 amide bonds. The molecule has 1 aliphatic heterocycles. The van der Waals surface area contributed by atoms with Gasteiger partial charge in [-0.1, -0.05) is 12.5 Å². The van der Waals surface area contributed by atoms with Gasteiger partial charge in [0.05, 0.1) is 19.3 Å². The number of hydrogen-bond acceptors (Lipinski definition) is 8. The smallest absolute Gasteiger partial charge is 0.186 e. The second-order valence-electron chi connectivity index (χ2n) is 8.17. The van der Waals surface area contributed by atoms with Gasteiger partial charge in [-0.2, -0.15) is 0 Å². The summed E-state index contributed by atoms with van der Waals surface area (Å²) in [5.41, 5.74) is 0.357. The number of ether oxygens (including phenoxy) is 2. The molecule has 2 rings (SSSR count). The van der Waals surface area contributed by atoms with Crippen LogP contribution in [0.1, 0.15) is 40.0 Å². The maximum atomic E-state index is 12.1. The van der Waals surface area contributed by atoms with Crippen LogP contribution in [0.4, 0.5) is 0 Å². The Morgan fingerprint density at radius 2 is 1.96 bits per heavy atom. The highest BCUT2D eigenvalue weighted by atomic mass is 16.7. The summed E-state index contributed by atoms with van der Waals surface area (Å²) in [6.07, 6.45) is -3.99. The lowest BCUT2D eigenvalue weighted by Gasteiger charge is -2.44. The van der Waals surface area contributed by atoms with Crippen molar-refractivity contribution in [3.63, 3.8) is 0 Å². The van der Waals surface area contributed by atoms with Crippen molar-refractivity contribution in [2.75, 3.05) is 13.2 Å². The normalized spacial score (nSPS) is 41.3. The van der Waals surface area contributed by atoms with Crippen molar-refractivity contribution in [2.24, 2.45) is 11.3 Å². The van der Waals surface area contributed by atoms with Crippen LogP contribution < -0.4 is 0 Å². The lowest BCUT2D eigenvalue weighted by atomic mass is 9.65. The van der Waals surface area contributed by atoms with Crippen LogP contribution in [0, 0.1) is 11.3 Å². The van der Waals surface area contributed by atoms with E-state index in [-0.39, 0.29) is 24.7 Å². The Hall–Kier alpha value is -0.870. The number of aliphatic hydroxyl groups excluding tert-OH is 5. The molecule has 0 bridgehead atoms. The molecule has 0 aromatic heterocycles. The van der Waals surface area contributed by atoms with Gasteiger partial charge >= 0.3 is 0 Å². The monoisotopic (exact) mass is 388 g/mol. The third-order valence-electron chi connectivity index (χ3n) is 5.66. The summed E-state index contributed by atoms with van der Waals surface area (Å²) in [5, 5.41) is 48.8. The number of hydrogen-bond donors (Lipinski definition) is 5. The van der Waals surface area contributed by atoms with Gasteiger partial charge in [0.2, 0.25) is 0 Å². The van der Waals surface area contributed by atoms with Crippen molar-refractivity contribution in [3.8, 4) is 0 Å². The fourth-order valence-electron chi connectivity index (χ4n) is 4.09. The van der Waals surface area contributed by atoms with E-state index in [1.54, 1.807) is 13.0 Å². The van der Waals surface area contributed by atoms with Gasteiger partial charge in [0.25, 0.3) is 0 Å². The van der Waals surface area contributed by atoms with Crippen LogP contribution in [0.25, 0.3) is 0 Å². The molecule has 1 aliphatic carbocycles. The van der Waals surface area contributed by atoms with Crippen LogP contribution in [-0.2, 0) is 14.3 Å². The average Bonchev–Trinajstić information content (AvgIpc) is 2.58. The summed E-state index contributed by atoms with van der Waals surface area (Å²) in [5.74, 6) is -0.00427. The second-order valence-corrected chi connectivity index (χ2v) is 8.17. The summed E-state index contributed by atoms with van der Waals surface area (Å²) in [7, 11) is 0. The highest BCUT2D eigenvalue weighted by Crippen LogP contribution is 2.43. The maximum Gasteiger partial charge on any atom is 0.186 e. The van der Waals surface area contributed by atoms with E-state index in [1.165, 1.54) is 0 Å². The van der Waals surface area contributed by atoms with Gasteiger partial charge < -0.3 is 35.0 Å². The van der Waals surface area contributed by atoms with Gasteiger partial charge in [0, 0.05) is 11.8 Å². The van der Waals surface area contributed by atoms with E-state index in [1.807, 2.05) is 13.8 Å². The number of ketones is 1. The van der Waals surface area contributed by atoms with Crippen LogP contribution in [0.15, 0.2) is 11.6 Å². The van der Waals surface area contributed by atoms with Crippen molar-refractivity contribution >= 4 is 5.78 Å². The van der Waals surface area contributed by atoms with E-state index in [4.69, 9.17) is 9.47 Å². The molecule has 0 aromatic carbocycles. The lowest BCUT2D eigenvalue weighted by Crippen LogP contribution is -2.59. The van der Waals surface area contributed by atoms with Gasteiger partial charge in [-0.05, 0) is 38.7 Å². The highest BCUT2D eigenvalue weighted by molar-refractivity contribution is 5.92. The molecule has 0 aromatic rings. The molecular weight excluding hydrogens is 356 g/mol. The first-order valence-electron chi connectivity index (χ1n) is 9.40. The van der Waals surface area contributed by atoms with Crippen LogP contribution in [-0.4, -0.2) is 81.3 Å². The third-order valence-corrected chi connectivity index (χ3v) is 5.66. The molecular formula is C19H32O8. The Bertz CT molecular complexity index is 546. The summed E-state index contributed by atoms with van der Waals surface area (Å²) in [6.45, 7) is 5.07. The number of carbonyl (C=O) groups is 1. The third kappa shape index (κ3) is 5.14. The minimum absolute atomic E-state index is 0.00897. The number of carbonyl (C=O) groups excluding carboxylic acids is 1. The van der Waals surface area contributed by atoms with Crippen molar-refractivity contribution in [1.29, 1.82) is 0 Å². The van der Waals surface area contributed by atoms with Crippen molar-refractivity contribution in [1.82, 2.24) is 0 Å². The van der Waals surface area contributed by atoms with E-state index < -0.39 is 48.8 Å². The molecule has 1 fully saturated rings. The van der Waals surface area contributed by atoms with E-state index in [2.05, 4.69) is 0 Å². The first-order valence-corrected chi connectivity index (χ1v) is 9.40. The van der Waals surface area contributed by atoms with Crippen molar-refractivity contribution < 1.29 is 39.8 Å². The molecule has 0 radical (unpaired) electrons. The SMILES string of the molecule is CC1=CC(=O)C[C@@](C)(CO[C@@H]2O[C@H](CO)[C@H](O)[C@H](O)[C@H]2O)[C@H]1CC[C@@H](C)O. The predicted octanol–water partition coefficient (Wildman–Crippen LogP) is -0.494. The van der Waals surface area contributed by atoms with E-state index in [0.29, 0.717) is 12.8 Å². The average molecular weight is 388 g/mol. The van der Waals surface area contributed by atoms with Gasteiger partial charge in [-0.25, -0.2) is 0 Å². The molecule has 156 valence electrons. The van der Waals surface area contributed by atoms with Crippen LogP contribution in [0.5, 0.6) is 0 Å². The Morgan fingerprint density at radius 3 is 2.56 bits per heavy atom. The van der Waals surface area contributed by atoms with E-state index in [9.17, 15) is 30.3 Å². The van der Waals surface area contributed by atoms with Gasteiger partial charge in [-0.15, -0.1) is 0 Å². The molecule has 1 saturated heterocycles. The number of aliphatic hydroxyl groups is 5. The van der Waals surface area contributed by atoms with E-state index >= 15 is 0 Å². The van der Waals surface area contributed by atoms with Gasteiger partial charge in [0.15, 0.2) is 12.1 Å². The van der Waals surface area contributed by atoms with Crippen LogP contribution in [0.2, 0.25) is 0 Å². The summed E-state index contributed by atoms with van der Waals surface area (Å²) in [4.78, 5) is 12.1. The Morgan fingerprint density at radius 1 is 1.30 bits per heavy atom. The fourth-order valence-corrected chi connectivity index (χ4v) is 4.09. The van der Waals surface area contributed by atoms with Gasteiger partial charge in [0.1, 0.15) is 24.4 Å². The maximum absolute atomic E-state index is 12.1. The minimum Gasteiger partial charge on any atom is -0.394 e. The first-order chi connectivity index (χ1) is 12.6. The molecule has 8 atom stereocenters. The van der Waals surface area contributed by atoms with Crippen LogP contribution in [0.3, 0.4) is 0 Å². The molecule has 0 saturated carbocycles. The molecule has 8 nitrogen and oxygen atoms in total. The summed E-state index contributed by atoms with van der Waals surface area (Å²) in [6, 6.07) is 0. The van der Waals surface area contributed by atoms with Gasteiger partial charge in [-0.3, -0.25) is 4.79 Å². The second kappa shape index (κ2) is 9.09. The Labute approximate surface area is 159 Å². The minimum atomic E-state index is -1.51. The topological polar surface area (TPSA) is 137 Å². The fraction of sp³-hybridized carbons (Fsp3) is 0.842. The van der Waals surface area contributed by atoms with Crippen LogP contribution >= 0.6 is 0 Å².